The number of rotatable bonds is 6. The Hall–Kier alpha value is -2.11. The number of carbonyl (C=O) groups excluding carboxylic acids is 2. The molecule has 0 bridgehead atoms. The van der Waals surface area contributed by atoms with Gasteiger partial charge in [0.1, 0.15) is 11.4 Å². The molecule has 25 heavy (non-hydrogen) atoms. The maximum Gasteiger partial charge on any atom is 0.407 e. The summed E-state index contributed by atoms with van der Waals surface area (Å²) in [6, 6.07) is 4.12. The van der Waals surface area contributed by atoms with Crippen LogP contribution >= 0.6 is 0 Å². The number of carbonyl (C=O) groups is 2. The van der Waals surface area contributed by atoms with E-state index in [0.29, 0.717) is 24.0 Å². The second-order valence-electron chi connectivity index (χ2n) is 7.26. The summed E-state index contributed by atoms with van der Waals surface area (Å²) in [6.07, 6.45) is 0.689. The van der Waals surface area contributed by atoms with E-state index >= 15 is 0 Å². The molecule has 0 aliphatic carbocycles. The highest BCUT2D eigenvalue weighted by Crippen LogP contribution is 2.18. The third-order valence-electron chi connectivity index (χ3n) is 4.15. The van der Waals surface area contributed by atoms with Crippen LogP contribution in [0.2, 0.25) is 0 Å². The Balaban J connectivity index is 2.85. The third-order valence-corrected chi connectivity index (χ3v) is 4.15. The first kappa shape index (κ1) is 20.9. The van der Waals surface area contributed by atoms with Gasteiger partial charge in [-0.25, -0.2) is 9.18 Å². The van der Waals surface area contributed by atoms with Gasteiger partial charge in [-0.15, -0.1) is 0 Å². The van der Waals surface area contributed by atoms with E-state index in [1.54, 1.807) is 33.8 Å². The summed E-state index contributed by atoms with van der Waals surface area (Å²) < 4.78 is 18.7. The van der Waals surface area contributed by atoms with Crippen molar-refractivity contribution in [1.29, 1.82) is 0 Å². The molecule has 0 aliphatic heterocycles. The maximum absolute atomic E-state index is 13.5. The zero-order valence-electron chi connectivity index (χ0n) is 16.0. The molecular weight excluding hydrogens is 323 g/mol. The highest BCUT2D eigenvalue weighted by atomic mass is 19.1. The van der Waals surface area contributed by atoms with Crippen LogP contribution in [0.5, 0.6) is 0 Å². The Morgan fingerprint density at radius 2 is 1.76 bits per heavy atom. The summed E-state index contributed by atoms with van der Waals surface area (Å²) in [5.41, 5.74) is -0.233. The molecule has 0 heterocycles. The Labute approximate surface area is 149 Å². The monoisotopic (exact) mass is 352 g/mol. The lowest BCUT2D eigenvalue weighted by atomic mass is 9.91. The van der Waals surface area contributed by atoms with Gasteiger partial charge in [0, 0.05) is 12.1 Å². The summed E-state index contributed by atoms with van der Waals surface area (Å²) >= 11 is 0. The van der Waals surface area contributed by atoms with Crippen molar-refractivity contribution in [1.82, 2.24) is 10.6 Å². The second kappa shape index (κ2) is 8.32. The smallest absolute Gasteiger partial charge is 0.407 e. The van der Waals surface area contributed by atoms with E-state index in [1.165, 1.54) is 12.1 Å². The Morgan fingerprint density at radius 1 is 1.16 bits per heavy atom. The van der Waals surface area contributed by atoms with Gasteiger partial charge >= 0.3 is 6.09 Å². The number of alkyl carbamates (subject to hydrolysis) is 1. The van der Waals surface area contributed by atoms with Gasteiger partial charge in [-0.05, 0) is 58.2 Å². The molecule has 0 atom stereocenters. The average molecular weight is 352 g/mol. The minimum absolute atomic E-state index is 0.231. The zero-order valence-corrected chi connectivity index (χ0v) is 16.0. The summed E-state index contributed by atoms with van der Waals surface area (Å²) in [5, 5.41) is 5.67. The number of amides is 2. The predicted octanol–water partition coefficient (Wildman–Crippen LogP) is 3.95. The maximum atomic E-state index is 13.5. The Kier molecular flexibility index (Phi) is 6.96. The van der Waals surface area contributed by atoms with Gasteiger partial charge in [-0.1, -0.05) is 19.9 Å². The van der Waals surface area contributed by atoms with Crippen LogP contribution in [-0.4, -0.2) is 29.7 Å². The fourth-order valence-electron chi connectivity index (χ4n) is 2.42. The summed E-state index contributed by atoms with van der Waals surface area (Å²) in [6.45, 7) is 11.2. The first-order chi connectivity index (χ1) is 11.5. The SMILES string of the molecule is CCC(CC)(CNC(=O)OC(C)(C)C)NC(=O)c1cc(F)ccc1C. The molecule has 1 aromatic rings. The van der Waals surface area contributed by atoms with Crippen molar-refractivity contribution in [2.75, 3.05) is 6.54 Å². The van der Waals surface area contributed by atoms with Crippen molar-refractivity contribution in [3.8, 4) is 0 Å². The zero-order chi connectivity index (χ0) is 19.3. The molecule has 1 aromatic carbocycles. The molecule has 2 N–H and O–H groups in total. The summed E-state index contributed by atoms with van der Waals surface area (Å²) in [5.74, 6) is -0.812. The fraction of sp³-hybridized carbons (Fsp3) is 0.579. The number of hydrogen-bond acceptors (Lipinski definition) is 3. The van der Waals surface area contributed by atoms with Gasteiger partial charge in [-0.3, -0.25) is 4.79 Å². The quantitative estimate of drug-likeness (QED) is 0.815. The van der Waals surface area contributed by atoms with E-state index in [4.69, 9.17) is 4.74 Å². The van der Waals surface area contributed by atoms with Crippen molar-refractivity contribution in [2.24, 2.45) is 0 Å². The Morgan fingerprint density at radius 3 is 2.28 bits per heavy atom. The molecule has 1 rings (SSSR count). The van der Waals surface area contributed by atoms with Crippen molar-refractivity contribution in [3.63, 3.8) is 0 Å². The molecule has 0 unspecified atom stereocenters. The molecule has 0 aromatic heterocycles. The lowest BCUT2D eigenvalue weighted by molar-refractivity contribution is 0.0501. The minimum atomic E-state index is -0.632. The summed E-state index contributed by atoms with van der Waals surface area (Å²) in [7, 11) is 0. The van der Waals surface area contributed by atoms with Crippen LogP contribution in [0.3, 0.4) is 0 Å². The van der Waals surface area contributed by atoms with Crippen molar-refractivity contribution in [2.45, 2.75) is 65.5 Å². The number of hydrogen-bond donors (Lipinski definition) is 2. The lowest BCUT2D eigenvalue weighted by Gasteiger charge is -2.33. The van der Waals surface area contributed by atoms with E-state index < -0.39 is 23.1 Å². The Bertz CT molecular complexity index is 620. The van der Waals surface area contributed by atoms with Gasteiger partial charge in [0.2, 0.25) is 0 Å². The van der Waals surface area contributed by atoms with E-state index in [2.05, 4.69) is 10.6 Å². The number of nitrogens with one attached hydrogen (secondary N) is 2. The molecule has 0 aliphatic rings. The van der Waals surface area contributed by atoms with Crippen molar-refractivity contribution < 1.29 is 18.7 Å². The van der Waals surface area contributed by atoms with E-state index in [9.17, 15) is 14.0 Å². The molecule has 0 saturated heterocycles. The molecule has 2 amide bonds. The number of aryl methyl sites for hydroxylation is 1. The highest BCUT2D eigenvalue weighted by molar-refractivity contribution is 5.96. The van der Waals surface area contributed by atoms with Crippen LogP contribution in [0.4, 0.5) is 9.18 Å². The fourth-order valence-corrected chi connectivity index (χ4v) is 2.42. The van der Waals surface area contributed by atoms with Crippen LogP contribution < -0.4 is 10.6 Å². The molecule has 6 heteroatoms. The van der Waals surface area contributed by atoms with Crippen LogP contribution in [0.15, 0.2) is 18.2 Å². The largest absolute Gasteiger partial charge is 0.444 e. The van der Waals surface area contributed by atoms with Gasteiger partial charge in [0.05, 0.1) is 5.54 Å². The van der Waals surface area contributed by atoms with Crippen LogP contribution in [0.1, 0.15) is 63.4 Å². The standard InChI is InChI=1S/C19H29FN2O3/c1-7-19(8-2,12-21-17(24)25-18(4,5)6)22-16(23)15-11-14(20)10-9-13(15)3/h9-11H,7-8,12H2,1-6H3,(H,21,24)(H,22,23). The van der Waals surface area contributed by atoms with Crippen LogP contribution in [0, 0.1) is 12.7 Å². The highest BCUT2D eigenvalue weighted by Gasteiger charge is 2.30. The molecular formula is C19H29FN2O3. The first-order valence-corrected chi connectivity index (χ1v) is 8.57. The van der Waals surface area contributed by atoms with Crippen LogP contribution in [-0.2, 0) is 4.74 Å². The topological polar surface area (TPSA) is 67.4 Å². The summed E-state index contributed by atoms with van der Waals surface area (Å²) in [4.78, 5) is 24.5. The van der Waals surface area contributed by atoms with Gasteiger partial charge in [0.15, 0.2) is 0 Å². The molecule has 0 radical (unpaired) electrons. The van der Waals surface area contributed by atoms with Gasteiger partial charge in [-0.2, -0.15) is 0 Å². The van der Waals surface area contributed by atoms with E-state index in [0.717, 1.165) is 0 Å². The molecule has 140 valence electrons. The average Bonchev–Trinajstić information content (AvgIpc) is 2.52. The molecule has 5 nitrogen and oxygen atoms in total. The second-order valence-corrected chi connectivity index (χ2v) is 7.26. The predicted molar refractivity (Wildman–Crippen MR) is 96.2 cm³/mol. The minimum Gasteiger partial charge on any atom is -0.444 e. The van der Waals surface area contributed by atoms with Gasteiger partial charge in [0.25, 0.3) is 5.91 Å². The normalized spacial score (nSPS) is 11.8. The van der Waals surface area contributed by atoms with Gasteiger partial charge < -0.3 is 15.4 Å². The lowest BCUT2D eigenvalue weighted by Crippen LogP contribution is -2.55. The molecule has 0 fully saturated rings. The third kappa shape index (κ3) is 6.36. The van der Waals surface area contributed by atoms with Crippen molar-refractivity contribution in [3.05, 3.63) is 35.1 Å². The molecule has 0 spiro atoms. The van der Waals surface area contributed by atoms with Crippen LogP contribution in [0.25, 0.3) is 0 Å². The number of benzene rings is 1. The first-order valence-electron chi connectivity index (χ1n) is 8.57. The van der Waals surface area contributed by atoms with E-state index in [1.807, 2.05) is 13.8 Å². The van der Waals surface area contributed by atoms with Crippen molar-refractivity contribution >= 4 is 12.0 Å². The number of halogens is 1. The van der Waals surface area contributed by atoms with E-state index in [-0.39, 0.29) is 12.5 Å². The molecule has 0 saturated carbocycles. The number of ether oxygens (including phenoxy) is 1.